The summed E-state index contributed by atoms with van der Waals surface area (Å²) in [5, 5.41) is 14.1. The molecule has 0 heterocycles. The SMILES string of the molecule is CCCCCCCCCCCCCCCCCCNC(=O)C(C)c1cc(C(C)(C)C)c(O)c(C(C)(C)C)c1. The van der Waals surface area contributed by atoms with Gasteiger partial charge in [0.05, 0.1) is 5.92 Å². The Hall–Kier alpha value is -1.51. The minimum Gasteiger partial charge on any atom is -0.507 e. The summed E-state index contributed by atoms with van der Waals surface area (Å²) in [6.45, 7) is 17.7. The van der Waals surface area contributed by atoms with Gasteiger partial charge in [-0.15, -0.1) is 0 Å². The van der Waals surface area contributed by atoms with Crippen molar-refractivity contribution < 1.29 is 9.90 Å². The number of unbranched alkanes of at least 4 members (excludes halogenated alkanes) is 15. The molecule has 1 atom stereocenters. The summed E-state index contributed by atoms with van der Waals surface area (Å²) in [4.78, 5) is 12.9. The van der Waals surface area contributed by atoms with Crippen molar-refractivity contribution in [2.45, 2.75) is 175 Å². The molecule has 0 aromatic heterocycles. The van der Waals surface area contributed by atoms with Gasteiger partial charge in [0.1, 0.15) is 5.75 Å². The molecule has 0 radical (unpaired) electrons. The zero-order chi connectivity index (χ0) is 28.6. The first-order chi connectivity index (χ1) is 17.9. The van der Waals surface area contributed by atoms with Gasteiger partial charge in [-0.2, -0.15) is 0 Å². The number of hydrogen-bond donors (Lipinski definition) is 2. The number of nitrogens with one attached hydrogen (secondary N) is 1. The Morgan fingerprint density at radius 2 is 1.03 bits per heavy atom. The third-order valence-electron chi connectivity index (χ3n) is 7.97. The summed E-state index contributed by atoms with van der Waals surface area (Å²) in [5.41, 5.74) is 2.44. The molecule has 0 saturated carbocycles. The van der Waals surface area contributed by atoms with Crippen LogP contribution in [0, 0.1) is 0 Å². The number of carbonyl (C=O) groups excluding carboxylic acids is 1. The fraction of sp³-hybridized carbons (Fsp3) is 0.800. The molecule has 1 rings (SSSR count). The second-order valence-corrected chi connectivity index (χ2v) is 13.8. The molecule has 0 aliphatic carbocycles. The van der Waals surface area contributed by atoms with Crippen LogP contribution in [0.25, 0.3) is 0 Å². The van der Waals surface area contributed by atoms with Crippen molar-refractivity contribution in [3.63, 3.8) is 0 Å². The molecular formula is C35H63NO2. The van der Waals surface area contributed by atoms with Crippen molar-refractivity contribution in [1.82, 2.24) is 5.32 Å². The van der Waals surface area contributed by atoms with Crippen LogP contribution >= 0.6 is 0 Å². The van der Waals surface area contributed by atoms with Gasteiger partial charge in [-0.3, -0.25) is 4.79 Å². The predicted molar refractivity (Wildman–Crippen MR) is 166 cm³/mol. The summed E-state index contributed by atoms with van der Waals surface area (Å²) in [7, 11) is 0. The Morgan fingerprint density at radius 3 is 1.37 bits per heavy atom. The highest BCUT2D eigenvalue weighted by Crippen LogP contribution is 2.41. The summed E-state index contributed by atoms with van der Waals surface area (Å²) in [6, 6.07) is 4.06. The first-order valence-electron chi connectivity index (χ1n) is 16.0. The summed E-state index contributed by atoms with van der Waals surface area (Å²) in [6.07, 6.45) is 21.7. The quantitative estimate of drug-likeness (QED) is 0.175. The van der Waals surface area contributed by atoms with Crippen LogP contribution in [-0.4, -0.2) is 17.6 Å². The number of carbonyl (C=O) groups is 1. The van der Waals surface area contributed by atoms with E-state index in [-0.39, 0.29) is 22.7 Å². The zero-order valence-electron chi connectivity index (χ0n) is 26.6. The van der Waals surface area contributed by atoms with E-state index >= 15 is 0 Å². The van der Waals surface area contributed by atoms with Crippen LogP contribution in [0.2, 0.25) is 0 Å². The number of aromatic hydroxyl groups is 1. The van der Waals surface area contributed by atoms with Crippen molar-refractivity contribution >= 4 is 5.91 Å². The lowest BCUT2D eigenvalue weighted by atomic mass is 9.77. The van der Waals surface area contributed by atoms with Gasteiger partial charge in [-0.25, -0.2) is 0 Å². The van der Waals surface area contributed by atoms with Gasteiger partial charge in [-0.05, 0) is 40.9 Å². The normalized spacial score (nSPS) is 13.1. The van der Waals surface area contributed by atoms with Gasteiger partial charge in [0.25, 0.3) is 0 Å². The third kappa shape index (κ3) is 13.5. The molecule has 1 aromatic rings. The van der Waals surface area contributed by atoms with Gasteiger partial charge in [-0.1, -0.05) is 157 Å². The van der Waals surface area contributed by atoms with E-state index in [2.05, 4.69) is 53.8 Å². The van der Waals surface area contributed by atoms with Crippen molar-refractivity contribution in [1.29, 1.82) is 0 Å². The van der Waals surface area contributed by atoms with Crippen LogP contribution in [0.15, 0.2) is 12.1 Å². The lowest BCUT2D eigenvalue weighted by molar-refractivity contribution is -0.122. The van der Waals surface area contributed by atoms with Crippen molar-refractivity contribution in [3.8, 4) is 5.75 Å². The van der Waals surface area contributed by atoms with E-state index in [1.54, 1.807) is 0 Å². The minimum absolute atomic E-state index is 0.0800. The average molecular weight is 530 g/mol. The first-order valence-corrected chi connectivity index (χ1v) is 16.0. The van der Waals surface area contributed by atoms with Gasteiger partial charge in [0.15, 0.2) is 0 Å². The molecule has 1 unspecified atom stereocenters. The summed E-state index contributed by atoms with van der Waals surface area (Å²) < 4.78 is 0. The molecule has 0 aliphatic heterocycles. The third-order valence-corrected chi connectivity index (χ3v) is 7.97. The van der Waals surface area contributed by atoms with Crippen molar-refractivity contribution in [2.75, 3.05) is 6.54 Å². The maximum Gasteiger partial charge on any atom is 0.227 e. The Balaban J connectivity index is 2.25. The number of amides is 1. The molecule has 0 saturated heterocycles. The molecule has 3 nitrogen and oxygen atoms in total. The second-order valence-electron chi connectivity index (χ2n) is 13.8. The molecular weight excluding hydrogens is 466 g/mol. The fourth-order valence-corrected chi connectivity index (χ4v) is 5.24. The van der Waals surface area contributed by atoms with Crippen LogP contribution in [0.1, 0.15) is 181 Å². The number of rotatable bonds is 19. The Labute approximate surface area is 237 Å². The molecule has 2 N–H and O–H groups in total. The van der Waals surface area contributed by atoms with Crippen molar-refractivity contribution in [2.24, 2.45) is 0 Å². The predicted octanol–water partition coefficient (Wildman–Crippen LogP) is 10.5. The average Bonchev–Trinajstić information content (AvgIpc) is 2.84. The van der Waals surface area contributed by atoms with Crippen LogP contribution in [-0.2, 0) is 15.6 Å². The van der Waals surface area contributed by atoms with Crippen LogP contribution in [0.3, 0.4) is 0 Å². The Morgan fingerprint density at radius 1 is 0.684 bits per heavy atom. The highest BCUT2D eigenvalue weighted by Gasteiger charge is 2.28. The van der Waals surface area contributed by atoms with E-state index in [4.69, 9.17) is 0 Å². The smallest absolute Gasteiger partial charge is 0.227 e. The number of phenolic OH excluding ortho intramolecular Hbond substituents is 1. The zero-order valence-corrected chi connectivity index (χ0v) is 26.6. The summed E-state index contributed by atoms with van der Waals surface area (Å²) >= 11 is 0. The molecule has 1 amide bonds. The maximum absolute atomic E-state index is 12.9. The molecule has 0 spiro atoms. The Kier molecular flexibility index (Phi) is 16.3. The molecule has 0 bridgehead atoms. The van der Waals surface area contributed by atoms with E-state index in [9.17, 15) is 9.90 Å². The number of benzene rings is 1. The standard InChI is InChI=1S/C35H63NO2/c1-9-10-11-12-13-14-15-16-17-18-19-20-21-22-23-24-25-36-33(38)28(2)29-26-30(34(3,4)5)32(37)31(27-29)35(6,7)8/h26-28,37H,9-25H2,1-8H3,(H,36,38). The fourth-order valence-electron chi connectivity index (χ4n) is 5.24. The van der Waals surface area contributed by atoms with E-state index in [0.29, 0.717) is 5.75 Å². The van der Waals surface area contributed by atoms with Crippen LogP contribution in [0.4, 0.5) is 0 Å². The van der Waals surface area contributed by atoms with Gasteiger partial charge < -0.3 is 10.4 Å². The van der Waals surface area contributed by atoms with Gasteiger partial charge in [0.2, 0.25) is 5.91 Å². The van der Waals surface area contributed by atoms with Crippen LogP contribution in [0.5, 0.6) is 5.75 Å². The van der Waals surface area contributed by atoms with Gasteiger partial charge >= 0.3 is 0 Å². The monoisotopic (exact) mass is 529 g/mol. The van der Waals surface area contributed by atoms with E-state index in [0.717, 1.165) is 29.7 Å². The number of phenols is 1. The molecule has 0 fully saturated rings. The highest BCUT2D eigenvalue weighted by molar-refractivity contribution is 5.83. The second kappa shape index (κ2) is 18.0. The molecule has 220 valence electrons. The first kappa shape index (κ1) is 34.5. The topological polar surface area (TPSA) is 49.3 Å². The van der Waals surface area contributed by atoms with Crippen LogP contribution < -0.4 is 5.32 Å². The van der Waals surface area contributed by atoms with E-state index < -0.39 is 0 Å². The molecule has 0 aliphatic rings. The molecule has 3 heteroatoms. The van der Waals surface area contributed by atoms with Crippen molar-refractivity contribution in [3.05, 3.63) is 28.8 Å². The maximum atomic E-state index is 12.9. The Bertz CT molecular complexity index is 749. The van der Waals surface area contributed by atoms with E-state index in [1.165, 1.54) is 96.3 Å². The summed E-state index contributed by atoms with van der Waals surface area (Å²) in [5.74, 6) is 0.213. The minimum atomic E-state index is -0.237. The molecule has 1 aromatic carbocycles. The van der Waals surface area contributed by atoms with Gasteiger partial charge in [0, 0.05) is 6.54 Å². The largest absolute Gasteiger partial charge is 0.507 e. The highest BCUT2D eigenvalue weighted by atomic mass is 16.3. The lowest BCUT2D eigenvalue weighted by Crippen LogP contribution is -2.29. The van der Waals surface area contributed by atoms with E-state index in [1.807, 2.05) is 19.1 Å². The lowest BCUT2D eigenvalue weighted by Gasteiger charge is -2.29. The number of hydrogen-bond acceptors (Lipinski definition) is 2. The molecule has 38 heavy (non-hydrogen) atoms.